The quantitative estimate of drug-likeness (QED) is 0.632. The first-order valence-electron chi connectivity index (χ1n) is 10.0. The van der Waals surface area contributed by atoms with Crippen LogP contribution in [0.15, 0.2) is 36.4 Å². The number of carbonyl (C=O) groups excluding carboxylic acids is 2. The molecule has 2 aromatic rings. The Morgan fingerprint density at radius 3 is 2.65 bits per heavy atom. The van der Waals surface area contributed by atoms with Crippen LogP contribution in [0.1, 0.15) is 36.6 Å². The largest absolute Gasteiger partial charge is 0.489 e. The molecule has 8 heteroatoms. The molecule has 166 valence electrons. The maximum absolute atomic E-state index is 13.8. The fraction of sp³-hybridized carbons (Fsp3) is 0.391. The van der Waals surface area contributed by atoms with Crippen LogP contribution in [0.4, 0.5) is 13.6 Å². The molecule has 31 heavy (non-hydrogen) atoms. The zero-order chi connectivity index (χ0) is 22.5. The molecule has 0 aromatic heterocycles. The number of hydrogen-bond acceptors (Lipinski definition) is 5. The summed E-state index contributed by atoms with van der Waals surface area (Å²) < 4.78 is 43.0. The average Bonchev–Trinajstić information content (AvgIpc) is 2.76. The second-order valence-corrected chi connectivity index (χ2v) is 7.72. The molecule has 1 aliphatic heterocycles. The molecule has 0 radical (unpaired) electrons. The number of esters is 1. The minimum absolute atomic E-state index is 0.101. The van der Waals surface area contributed by atoms with E-state index in [4.69, 9.17) is 14.2 Å². The van der Waals surface area contributed by atoms with E-state index < -0.39 is 29.7 Å². The molecule has 1 aliphatic rings. The van der Waals surface area contributed by atoms with Crippen molar-refractivity contribution in [3.8, 4) is 5.75 Å². The number of halogens is 2. The molecule has 1 unspecified atom stereocenters. The minimum atomic E-state index is -0.928. The molecular weight excluding hydrogens is 408 g/mol. The lowest BCUT2D eigenvalue weighted by molar-refractivity contribution is -0.147. The highest BCUT2D eigenvalue weighted by atomic mass is 19.1. The van der Waals surface area contributed by atoms with Gasteiger partial charge >= 0.3 is 12.1 Å². The Morgan fingerprint density at radius 2 is 1.94 bits per heavy atom. The third-order valence-corrected chi connectivity index (χ3v) is 4.94. The van der Waals surface area contributed by atoms with E-state index in [1.807, 2.05) is 13.8 Å². The van der Waals surface area contributed by atoms with Crippen LogP contribution in [0.5, 0.6) is 5.75 Å². The van der Waals surface area contributed by atoms with Gasteiger partial charge in [-0.25, -0.2) is 18.4 Å². The van der Waals surface area contributed by atoms with Gasteiger partial charge in [0.1, 0.15) is 24.0 Å². The van der Waals surface area contributed by atoms with E-state index in [2.05, 4.69) is 0 Å². The second-order valence-electron chi connectivity index (χ2n) is 7.72. The van der Waals surface area contributed by atoms with E-state index >= 15 is 0 Å². The maximum atomic E-state index is 13.8. The summed E-state index contributed by atoms with van der Waals surface area (Å²) in [5, 5.41) is 0. The Labute approximate surface area is 179 Å². The number of hydrogen-bond donors (Lipinski definition) is 0. The standard InChI is InChI=1S/C23H25F2NO5/c1-14(2)12-31-23(28)26-9-8-15-11-18(5-6-19(15)21(26)22(27)29-3)30-13-16-10-17(24)4-7-20(16)25/h4-7,10-11,14,21H,8-9,12-13H2,1-3H3. The summed E-state index contributed by atoms with van der Waals surface area (Å²) in [4.78, 5) is 26.4. The van der Waals surface area contributed by atoms with Gasteiger partial charge in [0.05, 0.1) is 13.7 Å². The Balaban J connectivity index is 1.79. The first kappa shape index (κ1) is 22.5. The van der Waals surface area contributed by atoms with E-state index in [0.717, 1.165) is 23.8 Å². The van der Waals surface area contributed by atoms with E-state index in [1.54, 1.807) is 18.2 Å². The lowest BCUT2D eigenvalue weighted by Gasteiger charge is -2.35. The van der Waals surface area contributed by atoms with Crippen molar-refractivity contribution in [1.82, 2.24) is 4.90 Å². The highest BCUT2D eigenvalue weighted by Gasteiger charge is 2.38. The van der Waals surface area contributed by atoms with Gasteiger partial charge in [-0.15, -0.1) is 0 Å². The van der Waals surface area contributed by atoms with Gasteiger partial charge in [-0.1, -0.05) is 19.9 Å². The number of methoxy groups -OCH3 is 1. The van der Waals surface area contributed by atoms with Crippen molar-refractivity contribution in [2.45, 2.75) is 32.9 Å². The van der Waals surface area contributed by atoms with Crippen molar-refractivity contribution in [3.63, 3.8) is 0 Å². The molecule has 3 rings (SSSR count). The van der Waals surface area contributed by atoms with Gasteiger partial charge in [-0.2, -0.15) is 0 Å². The number of rotatable bonds is 6. The van der Waals surface area contributed by atoms with Gasteiger partial charge in [0, 0.05) is 12.1 Å². The molecule has 0 spiro atoms. The summed E-state index contributed by atoms with van der Waals surface area (Å²) in [6.07, 6.45) is -0.0952. The molecule has 0 saturated carbocycles. The van der Waals surface area contributed by atoms with Crippen molar-refractivity contribution >= 4 is 12.1 Å². The third-order valence-electron chi connectivity index (χ3n) is 4.94. The van der Waals surface area contributed by atoms with Gasteiger partial charge in [-0.05, 0) is 53.8 Å². The van der Waals surface area contributed by atoms with Gasteiger partial charge < -0.3 is 14.2 Å². The predicted molar refractivity (Wildman–Crippen MR) is 108 cm³/mol. The highest BCUT2D eigenvalue weighted by Crippen LogP contribution is 2.34. The fourth-order valence-corrected chi connectivity index (χ4v) is 3.39. The van der Waals surface area contributed by atoms with E-state index in [1.165, 1.54) is 12.0 Å². The summed E-state index contributed by atoms with van der Waals surface area (Å²) in [6.45, 7) is 4.23. The van der Waals surface area contributed by atoms with E-state index in [-0.39, 0.29) is 31.2 Å². The number of ether oxygens (including phenoxy) is 3. The molecule has 1 amide bonds. The maximum Gasteiger partial charge on any atom is 0.410 e. The highest BCUT2D eigenvalue weighted by molar-refractivity contribution is 5.84. The van der Waals surface area contributed by atoms with Gasteiger partial charge in [0.2, 0.25) is 0 Å². The van der Waals surface area contributed by atoms with Crippen LogP contribution in [0.3, 0.4) is 0 Å². The van der Waals surface area contributed by atoms with E-state index in [0.29, 0.717) is 17.7 Å². The Bertz CT molecular complexity index is 963. The third kappa shape index (κ3) is 5.31. The summed E-state index contributed by atoms with van der Waals surface area (Å²) in [5.74, 6) is -1.06. The van der Waals surface area contributed by atoms with Crippen molar-refractivity contribution in [3.05, 3.63) is 64.7 Å². The molecule has 1 atom stereocenters. The number of amides is 1. The molecule has 1 heterocycles. The molecule has 0 aliphatic carbocycles. The Hall–Kier alpha value is -3.16. The van der Waals surface area contributed by atoms with Gasteiger partial charge in [0.25, 0.3) is 0 Å². The number of benzene rings is 2. The van der Waals surface area contributed by atoms with Crippen LogP contribution in [0.25, 0.3) is 0 Å². The van der Waals surface area contributed by atoms with Crippen molar-refractivity contribution in [1.29, 1.82) is 0 Å². The Morgan fingerprint density at radius 1 is 1.16 bits per heavy atom. The zero-order valence-electron chi connectivity index (χ0n) is 17.7. The normalized spacial score (nSPS) is 15.4. The molecule has 6 nitrogen and oxygen atoms in total. The van der Waals surface area contributed by atoms with Crippen LogP contribution < -0.4 is 4.74 Å². The summed E-state index contributed by atoms with van der Waals surface area (Å²) >= 11 is 0. The van der Waals surface area contributed by atoms with Crippen LogP contribution in [-0.2, 0) is 27.3 Å². The monoisotopic (exact) mass is 433 g/mol. The SMILES string of the molecule is COC(=O)C1c2ccc(OCc3cc(F)ccc3F)cc2CCN1C(=O)OCC(C)C. The molecule has 0 N–H and O–H groups in total. The molecule has 2 aromatic carbocycles. The van der Waals surface area contributed by atoms with Crippen LogP contribution >= 0.6 is 0 Å². The topological polar surface area (TPSA) is 65.1 Å². The Kier molecular flexibility index (Phi) is 7.09. The minimum Gasteiger partial charge on any atom is -0.489 e. The number of carbonyl (C=O) groups is 2. The fourth-order valence-electron chi connectivity index (χ4n) is 3.39. The smallest absolute Gasteiger partial charge is 0.410 e. The van der Waals surface area contributed by atoms with Crippen molar-refractivity contribution < 1.29 is 32.6 Å². The molecular formula is C23H25F2NO5. The van der Waals surface area contributed by atoms with Crippen LogP contribution in [0, 0.1) is 17.6 Å². The molecule has 0 bridgehead atoms. The first-order valence-corrected chi connectivity index (χ1v) is 10.0. The zero-order valence-corrected chi connectivity index (χ0v) is 17.7. The van der Waals surface area contributed by atoms with Gasteiger partial charge in [-0.3, -0.25) is 4.90 Å². The van der Waals surface area contributed by atoms with E-state index in [9.17, 15) is 18.4 Å². The van der Waals surface area contributed by atoms with Crippen molar-refractivity contribution in [2.24, 2.45) is 5.92 Å². The summed E-state index contributed by atoms with van der Waals surface area (Å²) in [5.41, 5.74) is 1.52. The summed E-state index contributed by atoms with van der Waals surface area (Å²) in [6, 6.07) is 7.28. The van der Waals surface area contributed by atoms with Crippen molar-refractivity contribution in [2.75, 3.05) is 20.3 Å². The molecule has 0 fully saturated rings. The second kappa shape index (κ2) is 9.76. The van der Waals surface area contributed by atoms with Gasteiger partial charge in [0.15, 0.2) is 6.04 Å². The van der Waals surface area contributed by atoms with Crippen LogP contribution in [0.2, 0.25) is 0 Å². The number of fused-ring (bicyclic) bond motifs is 1. The average molecular weight is 433 g/mol. The van der Waals surface area contributed by atoms with Crippen LogP contribution in [-0.4, -0.2) is 37.2 Å². The first-order chi connectivity index (χ1) is 14.8. The summed E-state index contributed by atoms with van der Waals surface area (Å²) in [7, 11) is 1.26. The number of nitrogens with zero attached hydrogens (tertiary/aromatic N) is 1. The predicted octanol–water partition coefficient (Wildman–Crippen LogP) is 4.41. The lowest BCUT2D eigenvalue weighted by atomic mass is 9.92. The molecule has 0 saturated heterocycles. The lowest BCUT2D eigenvalue weighted by Crippen LogP contribution is -2.44.